The Morgan fingerprint density at radius 2 is 2.23 bits per heavy atom. The van der Waals surface area contributed by atoms with Crippen LogP contribution < -0.4 is 10.1 Å². The summed E-state index contributed by atoms with van der Waals surface area (Å²) in [5.41, 5.74) is 0.745. The molecular formula is C18H25ClF2N2O3. The van der Waals surface area contributed by atoms with Gasteiger partial charge in [0.2, 0.25) is 5.91 Å². The molecule has 1 aromatic carbocycles. The minimum Gasteiger partial charge on any atom is -0.435 e. The molecule has 2 saturated heterocycles. The minimum atomic E-state index is -2.86. The fourth-order valence-electron chi connectivity index (χ4n) is 3.56. The van der Waals surface area contributed by atoms with E-state index in [9.17, 15) is 13.6 Å². The van der Waals surface area contributed by atoms with Crippen LogP contribution in [0.3, 0.4) is 0 Å². The fourth-order valence-corrected chi connectivity index (χ4v) is 3.56. The fraction of sp³-hybridized carbons (Fsp3) is 0.611. The Labute approximate surface area is 158 Å². The van der Waals surface area contributed by atoms with E-state index in [4.69, 9.17) is 4.74 Å². The third kappa shape index (κ3) is 5.28. The second-order valence-electron chi connectivity index (χ2n) is 6.67. The normalized spacial score (nSPS) is 26.3. The first kappa shape index (κ1) is 20.9. The molecule has 2 aliphatic rings. The van der Waals surface area contributed by atoms with Crippen molar-refractivity contribution in [3.8, 4) is 5.75 Å². The van der Waals surface area contributed by atoms with Crippen molar-refractivity contribution in [2.24, 2.45) is 5.92 Å². The van der Waals surface area contributed by atoms with Gasteiger partial charge in [0.05, 0.1) is 13.2 Å². The van der Waals surface area contributed by atoms with Crippen LogP contribution in [0.15, 0.2) is 24.3 Å². The van der Waals surface area contributed by atoms with Gasteiger partial charge in [0.15, 0.2) is 0 Å². The Kier molecular flexibility index (Phi) is 7.61. The summed E-state index contributed by atoms with van der Waals surface area (Å²) in [6.07, 6.45) is 1.37. The van der Waals surface area contributed by atoms with Gasteiger partial charge in [-0.05, 0) is 44.0 Å². The molecule has 1 amide bonds. The Bertz CT molecular complexity index is 606. The van der Waals surface area contributed by atoms with E-state index in [0.29, 0.717) is 25.7 Å². The average molecular weight is 391 g/mol. The molecule has 5 nitrogen and oxygen atoms in total. The molecule has 146 valence electrons. The summed E-state index contributed by atoms with van der Waals surface area (Å²) in [6.45, 7) is 1.55. The zero-order chi connectivity index (χ0) is 17.8. The van der Waals surface area contributed by atoms with Crippen molar-refractivity contribution >= 4 is 18.3 Å². The molecule has 2 aliphatic heterocycles. The van der Waals surface area contributed by atoms with Crippen LogP contribution >= 0.6 is 12.4 Å². The SMILES string of the molecule is C[C@H]1C[C@@H](C(=O)N2CCOC(c3cccc(OC(F)F)c3)C2)CCN1.Cl. The zero-order valence-electron chi connectivity index (χ0n) is 14.7. The van der Waals surface area contributed by atoms with Gasteiger partial charge in [-0.1, -0.05) is 12.1 Å². The van der Waals surface area contributed by atoms with E-state index in [0.717, 1.165) is 24.9 Å². The van der Waals surface area contributed by atoms with Crippen molar-refractivity contribution in [1.82, 2.24) is 10.2 Å². The lowest BCUT2D eigenvalue weighted by molar-refractivity contribution is -0.144. The number of carbonyl (C=O) groups is 1. The smallest absolute Gasteiger partial charge is 0.387 e. The lowest BCUT2D eigenvalue weighted by Gasteiger charge is -2.37. The van der Waals surface area contributed by atoms with Gasteiger partial charge in [0, 0.05) is 18.5 Å². The second kappa shape index (κ2) is 9.48. The van der Waals surface area contributed by atoms with Gasteiger partial charge >= 0.3 is 6.61 Å². The van der Waals surface area contributed by atoms with E-state index in [1.807, 2.05) is 11.0 Å². The van der Waals surface area contributed by atoms with Gasteiger partial charge < -0.3 is 19.7 Å². The van der Waals surface area contributed by atoms with E-state index >= 15 is 0 Å². The van der Waals surface area contributed by atoms with Gasteiger partial charge in [-0.2, -0.15) is 8.78 Å². The first-order valence-electron chi connectivity index (χ1n) is 8.71. The predicted octanol–water partition coefficient (Wildman–Crippen LogP) is 3.00. The minimum absolute atomic E-state index is 0. The van der Waals surface area contributed by atoms with E-state index in [-0.39, 0.29) is 36.1 Å². The van der Waals surface area contributed by atoms with Crippen LogP contribution in [0.25, 0.3) is 0 Å². The van der Waals surface area contributed by atoms with Crippen LogP contribution in [0.1, 0.15) is 31.4 Å². The molecule has 1 unspecified atom stereocenters. The molecule has 0 aliphatic carbocycles. The van der Waals surface area contributed by atoms with Crippen LogP contribution in [-0.4, -0.2) is 49.7 Å². The highest BCUT2D eigenvalue weighted by atomic mass is 35.5. The predicted molar refractivity (Wildman–Crippen MR) is 95.8 cm³/mol. The van der Waals surface area contributed by atoms with Crippen molar-refractivity contribution < 1.29 is 23.0 Å². The molecule has 2 heterocycles. The lowest BCUT2D eigenvalue weighted by atomic mass is 9.91. The van der Waals surface area contributed by atoms with Gasteiger partial charge in [0.1, 0.15) is 11.9 Å². The maximum atomic E-state index is 12.8. The maximum absolute atomic E-state index is 12.8. The van der Waals surface area contributed by atoms with Crippen molar-refractivity contribution in [3.05, 3.63) is 29.8 Å². The summed E-state index contributed by atoms with van der Waals surface area (Å²) in [7, 11) is 0. The molecule has 0 spiro atoms. The average Bonchev–Trinajstić information content (AvgIpc) is 2.61. The van der Waals surface area contributed by atoms with E-state index < -0.39 is 6.61 Å². The molecule has 0 saturated carbocycles. The third-order valence-corrected chi connectivity index (χ3v) is 4.81. The maximum Gasteiger partial charge on any atom is 0.387 e. The number of hydrogen-bond acceptors (Lipinski definition) is 4. The van der Waals surface area contributed by atoms with Crippen LogP contribution in [-0.2, 0) is 9.53 Å². The van der Waals surface area contributed by atoms with E-state index in [1.54, 1.807) is 12.1 Å². The van der Waals surface area contributed by atoms with Crippen LogP contribution in [0.4, 0.5) is 8.78 Å². The molecule has 3 atom stereocenters. The number of benzene rings is 1. The number of carbonyl (C=O) groups excluding carboxylic acids is 1. The number of amides is 1. The number of morpholine rings is 1. The first-order valence-corrected chi connectivity index (χ1v) is 8.71. The summed E-state index contributed by atoms with van der Waals surface area (Å²) >= 11 is 0. The molecule has 26 heavy (non-hydrogen) atoms. The molecule has 1 aromatic rings. The Morgan fingerprint density at radius 1 is 1.42 bits per heavy atom. The molecule has 3 rings (SSSR count). The third-order valence-electron chi connectivity index (χ3n) is 4.81. The van der Waals surface area contributed by atoms with Gasteiger partial charge in [-0.3, -0.25) is 4.79 Å². The second-order valence-corrected chi connectivity index (χ2v) is 6.67. The highest BCUT2D eigenvalue weighted by Gasteiger charge is 2.32. The first-order chi connectivity index (χ1) is 12.0. The summed E-state index contributed by atoms with van der Waals surface area (Å²) < 4.78 is 35.0. The quantitative estimate of drug-likeness (QED) is 0.858. The number of piperidine rings is 1. The zero-order valence-corrected chi connectivity index (χ0v) is 15.5. The number of alkyl halides is 2. The highest BCUT2D eigenvalue weighted by Crippen LogP contribution is 2.28. The molecule has 0 bridgehead atoms. The topological polar surface area (TPSA) is 50.8 Å². The highest BCUT2D eigenvalue weighted by molar-refractivity contribution is 5.85. The number of hydrogen-bond donors (Lipinski definition) is 1. The van der Waals surface area contributed by atoms with Gasteiger partial charge in [0.25, 0.3) is 0 Å². The number of ether oxygens (including phenoxy) is 2. The van der Waals surface area contributed by atoms with E-state index in [1.165, 1.54) is 6.07 Å². The molecule has 8 heteroatoms. The molecule has 0 radical (unpaired) electrons. The summed E-state index contributed by atoms with van der Waals surface area (Å²) in [5, 5.41) is 3.36. The number of rotatable bonds is 4. The standard InChI is InChI=1S/C18H24F2N2O3.ClH/c1-12-9-14(5-6-21-12)17(23)22-7-8-24-16(11-22)13-3-2-4-15(10-13)25-18(19)20;/h2-4,10,12,14,16,18,21H,5-9,11H2,1H3;1H/t12-,14-,16?;/m0./s1. The lowest BCUT2D eigenvalue weighted by Crippen LogP contribution is -2.48. The van der Waals surface area contributed by atoms with Gasteiger partial charge in [-0.15, -0.1) is 12.4 Å². The van der Waals surface area contributed by atoms with Crippen molar-refractivity contribution in [2.45, 2.75) is 38.5 Å². The number of halogens is 3. The molecule has 2 fully saturated rings. The van der Waals surface area contributed by atoms with Crippen molar-refractivity contribution in [2.75, 3.05) is 26.2 Å². The molecular weight excluding hydrogens is 366 g/mol. The van der Waals surface area contributed by atoms with Crippen LogP contribution in [0, 0.1) is 5.92 Å². The van der Waals surface area contributed by atoms with Gasteiger partial charge in [-0.25, -0.2) is 0 Å². The van der Waals surface area contributed by atoms with Crippen molar-refractivity contribution in [3.63, 3.8) is 0 Å². The molecule has 1 N–H and O–H groups in total. The summed E-state index contributed by atoms with van der Waals surface area (Å²) in [6, 6.07) is 6.85. The summed E-state index contributed by atoms with van der Waals surface area (Å²) in [4.78, 5) is 14.7. The van der Waals surface area contributed by atoms with E-state index in [2.05, 4.69) is 17.0 Å². The Morgan fingerprint density at radius 3 is 2.96 bits per heavy atom. The number of nitrogens with one attached hydrogen (secondary N) is 1. The monoisotopic (exact) mass is 390 g/mol. The largest absolute Gasteiger partial charge is 0.435 e. The Balaban J connectivity index is 0.00000243. The van der Waals surface area contributed by atoms with Crippen LogP contribution in [0.5, 0.6) is 5.75 Å². The Hall–Kier alpha value is -1.44. The van der Waals surface area contributed by atoms with Crippen molar-refractivity contribution in [1.29, 1.82) is 0 Å². The van der Waals surface area contributed by atoms with Crippen LogP contribution in [0.2, 0.25) is 0 Å². The summed E-state index contributed by atoms with van der Waals surface area (Å²) in [5.74, 6) is 0.317. The molecule has 0 aromatic heterocycles. The number of nitrogens with zero attached hydrogens (tertiary/aromatic N) is 1.